The number of aryl methyl sites for hydroxylation is 2. The molecule has 0 bridgehead atoms. The topological polar surface area (TPSA) is 68.2 Å². The molecule has 1 heterocycles. The number of rotatable bonds is 11. The molecule has 9 heteroatoms. The lowest BCUT2D eigenvalue weighted by atomic mass is 10.1. The van der Waals surface area contributed by atoms with Crippen LogP contribution in [-0.4, -0.2) is 36.9 Å². The molecule has 1 saturated heterocycles. The van der Waals surface area contributed by atoms with Crippen LogP contribution in [0.1, 0.15) is 29.5 Å². The van der Waals surface area contributed by atoms with E-state index >= 15 is 0 Å². The van der Waals surface area contributed by atoms with E-state index < -0.39 is 24.2 Å². The molecule has 1 unspecified atom stereocenters. The van der Waals surface area contributed by atoms with Crippen molar-refractivity contribution in [2.24, 2.45) is 0 Å². The minimum absolute atomic E-state index is 0.0327. The quantitative estimate of drug-likeness (QED) is 0.316. The van der Waals surface area contributed by atoms with E-state index in [1.54, 1.807) is 12.1 Å². The van der Waals surface area contributed by atoms with Crippen molar-refractivity contribution < 1.29 is 32.9 Å². The number of hydrogen-bond donors (Lipinski definition) is 1. The van der Waals surface area contributed by atoms with Gasteiger partial charge in [-0.25, -0.2) is 13.6 Å². The summed E-state index contributed by atoms with van der Waals surface area (Å²) in [6.07, 6.45) is 3.99. The molecule has 3 aromatic rings. The van der Waals surface area contributed by atoms with Gasteiger partial charge in [0, 0.05) is 17.6 Å². The van der Waals surface area contributed by atoms with E-state index in [2.05, 4.69) is 12.1 Å². The number of benzene rings is 3. The molecule has 0 radical (unpaired) electrons. The van der Waals surface area contributed by atoms with Gasteiger partial charge in [0.2, 0.25) is 0 Å². The highest BCUT2D eigenvalue weighted by Gasteiger charge is 2.26. The summed E-state index contributed by atoms with van der Waals surface area (Å²) in [6.45, 7) is 1.14. The Morgan fingerprint density at radius 2 is 1.73 bits per heavy atom. The summed E-state index contributed by atoms with van der Waals surface area (Å²) in [5.41, 5.74) is 4.24. The SMILES string of the molecule is O=C(O)COc1ccc(COc2cc3c(cc2N(CC2CCO2)Sc2cc(F)cc(F)c2)CCC3)cc1. The fourth-order valence-corrected chi connectivity index (χ4v) is 5.46. The zero-order chi connectivity index (χ0) is 25.8. The monoisotopic (exact) mass is 527 g/mol. The molecule has 1 fully saturated rings. The zero-order valence-electron chi connectivity index (χ0n) is 20.1. The maximum absolute atomic E-state index is 13.9. The van der Waals surface area contributed by atoms with Gasteiger partial charge < -0.3 is 23.6 Å². The number of hydrogen-bond acceptors (Lipinski definition) is 6. The number of carboxylic acid groups (broad SMARTS) is 1. The molecule has 194 valence electrons. The van der Waals surface area contributed by atoms with E-state index in [9.17, 15) is 13.6 Å². The number of anilines is 1. The molecule has 1 aliphatic carbocycles. The average Bonchev–Trinajstić information content (AvgIpc) is 3.30. The molecule has 6 nitrogen and oxygen atoms in total. The molecule has 37 heavy (non-hydrogen) atoms. The second kappa shape index (κ2) is 11.4. The second-order valence-corrected chi connectivity index (χ2v) is 10.2. The lowest BCUT2D eigenvalue weighted by molar-refractivity contribution is -0.139. The molecule has 0 aromatic heterocycles. The molecule has 1 atom stereocenters. The Kier molecular flexibility index (Phi) is 7.81. The van der Waals surface area contributed by atoms with Crippen molar-refractivity contribution in [2.75, 3.05) is 24.1 Å². The van der Waals surface area contributed by atoms with Crippen LogP contribution in [0, 0.1) is 11.6 Å². The Bertz CT molecular complexity index is 1250. The van der Waals surface area contributed by atoms with E-state index in [1.807, 2.05) is 16.4 Å². The van der Waals surface area contributed by atoms with Crippen LogP contribution in [0.4, 0.5) is 14.5 Å². The molecular weight excluding hydrogens is 500 g/mol. The number of nitrogens with zero attached hydrogens (tertiary/aromatic N) is 1. The molecule has 2 aliphatic rings. The minimum Gasteiger partial charge on any atom is -0.487 e. The highest BCUT2D eigenvalue weighted by Crippen LogP contribution is 2.41. The fourth-order valence-electron chi connectivity index (χ4n) is 4.39. The Morgan fingerprint density at radius 3 is 2.38 bits per heavy atom. The predicted octanol–water partition coefficient (Wildman–Crippen LogP) is 5.80. The van der Waals surface area contributed by atoms with Crippen molar-refractivity contribution in [1.82, 2.24) is 0 Å². The molecule has 0 spiro atoms. The van der Waals surface area contributed by atoms with Crippen LogP contribution in [0.25, 0.3) is 0 Å². The van der Waals surface area contributed by atoms with Crippen molar-refractivity contribution in [1.29, 1.82) is 0 Å². The number of halogens is 2. The smallest absolute Gasteiger partial charge is 0.341 e. The van der Waals surface area contributed by atoms with E-state index in [-0.39, 0.29) is 12.7 Å². The van der Waals surface area contributed by atoms with Crippen LogP contribution >= 0.6 is 11.9 Å². The van der Waals surface area contributed by atoms with Gasteiger partial charge in [0.25, 0.3) is 0 Å². The second-order valence-electron chi connectivity index (χ2n) is 9.10. The first-order chi connectivity index (χ1) is 17.9. The maximum Gasteiger partial charge on any atom is 0.341 e. The molecule has 0 saturated carbocycles. The van der Waals surface area contributed by atoms with E-state index in [1.165, 1.54) is 35.2 Å². The standard InChI is InChI=1S/C28H27F2NO5S/c29-21-12-22(30)14-25(13-21)37-31(15-24-8-9-34-24)26-10-19-2-1-3-20(19)11-27(26)36-16-18-4-6-23(7-5-18)35-17-28(32)33/h4-7,10-14,24H,1-3,8-9,15-17H2,(H,32,33). The number of carbonyl (C=O) groups is 1. The lowest BCUT2D eigenvalue weighted by Crippen LogP contribution is -2.37. The van der Waals surface area contributed by atoms with Crippen LogP contribution < -0.4 is 13.8 Å². The van der Waals surface area contributed by atoms with Crippen LogP contribution in [-0.2, 0) is 29.0 Å². The first-order valence-corrected chi connectivity index (χ1v) is 13.0. The fraction of sp³-hybridized carbons (Fsp3) is 0.321. The van der Waals surface area contributed by atoms with E-state index in [0.29, 0.717) is 29.5 Å². The van der Waals surface area contributed by atoms with Crippen LogP contribution in [0.2, 0.25) is 0 Å². The van der Waals surface area contributed by atoms with Crippen molar-refractivity contribution in [3.63, 3.8) is 0 Å². The third-order valence-electron chi connectivity index (χ3n) is 6.34. The Balaban J connectivity index is 1.39. The van der Waals surface area contributed by atoms with Crippen molar-refractivity contribution in [3.8, 4) is 11.5 Å². The van der Waals surface area contributed by atoms with Gasteiger partial charge in [0.1, 0.15) is 29.7 Å². The van der Waals surface area contributed by atoms with Crippen LogP contribution in [0.15, 0.2) is 59.5 Å². The number of aliphatic carboxylic acids is 1. The van der Waals surface area contributed by atoms with Crippen molar-refractivity contribution >= 4 is 23.6 Å². The van der Waals surface area contributed by atoms with Gasteiger partial charge in [-0.3, -0.25) is 0 Å². The highest BCUT2D eigenvalue weighted by molar-refractivity contribution is 8.00. The summed E-state index contributed by atoms with van der Waals surface area (Å²) < 4.78 is 47.1. The molecule has 1 N–H and O–H groups in total. The summed E-state index contributed by atoms with van der Waals surface area (Å²) in [4.78, 5) is 11.2. The number of ether oxygens (including phenoxy) is 3. The van der Waals surface area contributed by atoms with Crippen molar-refractivity contribution in [2.45, 2.75) is 43.3 Å². The van der Waals surface area contributed by atoms with E-state index in [0.717, 1.165) is 43.0 Å². The summed E-state index contributed by atoms with van der Waals surface area (Å²) in [6, 6.07) is 14.8. The lowest BCUT2D eigenvalue weighted by Gasteiger charge is -2.34. The largest absolute Gasteiger partial charge is 0.487 e. The highest BCUT2D eigenvalue weighted by atomic mass is 32.2. The molecule has 5 rings (SSSR count). The van der Waals surface area contributed by atoms with E-state index in [4.69, 9.17) is 19.3 Å². The summed E-state index contributed by atoms with van der Waals surface area (Å²) in [7, 11) is 0. The Hall–Kier alpha value is -3.30. The van der Waals surface area contributed by atoms with Crippen molar-refractivity contribution in [3.05, 3.63) is 82.9 Å². The van der Waals surface area contributed by atoms with Gasteiger partial charge in [-0.15, -0.1) is 0 Å². The van der Waals surface area contributed by atoms with Gasteiger partial charge in [0.05, 0.1) is 18.3 Å². The molecule has 0 amide bonds. The Labute approximate surface area is 218 Å². The zero-order valence-corrected chi connectivity index (χ0v) is 20.9. The molecule has 1 aliphatic heterocycles. The number of carboxylic acids is 1. The van der Waals surface area contributed by atoms with Gasteiger partial charge in [-0.05, 0) is 90.7 Å². The Morgan fingerprint density at radius 1 is 1.03 bits per heavy atom. The first kappa shape index (κ1) is 25.4. The van der Waals surface area contributed by atoms with Gasteiger partial charge in [-0.1, -0.05) is 12.1 Å². The van der Waals surface area contributed by atoms with Gasteiger partial charge in [-0.2, -0.15) is 0 Å². The van der Waals surface area contributed by atoms with Gasteiger partial charge >= 0.3 is 5.97 Å². The third kappa shape index (κ3) is 6.53. The summed E-state index contributed by atoms with van der Waals surface area (Å²) in [5, 5.41) is 8.78. The average molecular weight is 528 g/mol. The normalized spacial score (nSPS) is 16.1. The molecule has 3 aromatic carbocycles. The third-order valence-corrected chi connectivity index (χ3v) is 7.35. The first-order valence-electron chi connectivity index (χ1n) is 12.2. The van der Waals surface area contributed by atoms with Crippen LogP contribution in [0.5, 0.6) is 11.5 Å². The minimum atomic E-state index is -1.03. The molecular formula is C28H27F2NO5S. The summed E-state index contributed by atoms with van der Waals surface area (Å²) >= 11 is 1.27. The van der Waals surface area contributed by atoms with Gasteiger partial charge in [0.15, 0.2) is 6.61 Å². The summed E-state index contributed by atoms with van der Waals surface area (Å²) in [5.74, 6) is -1.12. The number of fused-ring (bicyclic) bond motifs is 1. The predicted molar refractivity (Wildman–Crippen MR) is 136 cm³/mol. The van der Waals surface area contributed by atoms with Crippen LogP contribution in [0.3, 0.4) is 0 Å². The maximum atomic E-state index is 13.9.